The van der Waals surface area contributed by atoms with Crippen molar-refractivity contribution in [1.29, 1.82) is 0 Å². The molecule has 0 unspecified atom stereocenters. The zero-order valence-electron chi connectivity index (χ0n) is 9.79. The molecule has 1 aliphatic heterocycles. The first-order chi connectivity index (χ1) is 8.22. The average Bonchev–Trinajstić information content (AvgIpc) is 2.39. The van der Waals surface area contributed by atoms with Gasteiger partial charge in [-0.25, -0.2) is 4.39 Å². The van der Waals surface area contributed by atoms with Gasteiger partial charge in [0.05, 0.1) is 5.56 Å². The summed E-state index contributed by atoms with van der Waals surface area (Å²) in [4.78, 5) is 13.5. The highest BCUT2D eigenvalue weighted by atomic mass is 19.1. The normalized spacial score (nSPS) is 15.8. The van der Waals surface area contributed by atoms with Crippen molar-refractivity contribution in [3.63, 3.8) is 0 Å². The van der Waals surface area contributed by atoms with Crippen LogP contribution in [0.25, 0.3) is 0 Å². The molecule has 2 rings (SSSR count). The van der Waals surface area contributed by atoms with E-state index in [1.807, 2.05) is 0 Å². The Labute approximate surface area is 99.8 Å². The molecular weight excluding hydrogens is 221 g/mol. The molecule has 1 fully saturated rings. The van der Waals surface area contributed by atoms with Crippen LogP contribution in [0.1, 0.15) is 10.4 Å². The smallest absolute Gasteiger partial charge is 0.253 e. The molecule has 1 heterocycles. The summed E-state index contributed by atoms with van der Waals surface area (Å²) in [5.74, 6) is -0.866. The van der Waals surface area contributed by atoms with Crippen LogP contribution in [0.3, 0.4) is 0 Å². The van der Waals surface area contributed by atoms with E-state index in [1.165, 1.54) is 19.2 Å². The van der Waals surface area contributed by atoms with E-state index >= 15 is 0 Å². The van der Waals surface area contributed by atoms with E-state index in [4.69, 9.17) is 0 Å². The van der Waals surface area contributed by atoms with E-state index in [0.717, 1.165) is 31.9 Å². The van der Waals surface area contributed by atoms with Crippen LogP contribution in [-0.2, 0) is 0 Å². The van der Waals surface area contributed by atoms with E-state index in [-0.39, 0.29) is 5.56 Å². The number of rotatable bonds is 2. The van der Waals surface area contributed by atoms with Crippen LogP contribution in [-0.4, -0.2) is 39.1 Å². The Morgan fingerprint density at radius 2 is 2.12 bits per heavy atom. The van der Waals surface area contributed by atoms with Gasteiger partial charge in [-0.3, -0.25) is 4.79 Å². The fourth-order valence-corrected chi connectivity index (χ4v) is 1.94. The maximum absolute atomic E-state index is 13.7. The molecule has 0 radical (unpaired) electrons. The van der Waals surface area contributed by atoms with Gasteiger partial charge in [-0.1, -0.05) is 0 Å². The Hall–Kier alpha value is -1.62. The summed E-state index contributed by atoms with van der Waals surface area (Å²) in [5, 5.41) is 5.66. The molecule has 4 nitrogen and oxygen atoms in total. The lowest BCUT2D eigenvalue weighted by molar-refractivity contribution is 0.0959. The number of nitrogens with one attached hydrogen (secondary N) is 2. The van der Waals surface area contributed by atoms with Crippen LogP contribution in [0, 0.1) is 5.82 Å². The van der Waals surface area contributed by atoms with Gasteiger partial charge in [0.2, 0.25) is 0 Å². The second-order valence-corrected chi connectivity index (χ2v) is 3.98. The highest BCUT2D eigenvalue weighted by Gasteiger charge is 2.15. The third kappa shape index (κ3) is 2.55. The molecule has 1 aromatic rings. The van der Waals surface area contributed by atoms with Crippen LogP contribution in [0.4, 0.5) is 10.1 Å². The molecule has 0 spiro atoms. The number of amides is 1. The molecule has 0 aliphatic carbocycles. The summed E-state index contributed by atoms with van der Waals surface area (Å²) in [6, 6.07) is 4.75. The van der Waals surface area contributed by atoms with Crippen molar-refractivity contribution < 1.29 is 9.18 Å². The Kier molecular flexibility index (Phi) is 3.58. The minimum atomic E-state index is -0.472. The van der Waals surface area contributed by atoms with Crippen molar-refractivity contribution in [3.8, 4) is 0 Å². The van der Waals surface area contributed by atoms with E-state index in [2.05, 4.69) is 15.5 Å². The van der Waals surface area contributed by atoms with Gasteiger partial charge in [0.25, 0.3) is 5.91 Å². The first-order valence-electron chi connectivity index (χ1n) is 5.69. The van der Waals surface area contributed by atoms with Gasteiger partial charge >= 0.3 is 0 Å². The van der Waals surface area contributed by atoms with Crippen molar-refractivity contribution in [2.45, 2.75) is 0 Å². The average molecular weight is 237 g/mol. The molecule has 0 atom stereocenters. The molecule has 1 saturated heterocycles. The number of hydrogen-bond acceptors (Lipinski definition) is 3. The molecule has 2 N–H and O–H groups in total. The van der Waals surface area contributed by atoms with Crippen molar-refractivity contribution in [3.05, 3.63) is 29.6 Å². The molecule has 92 valence electrons. The van der Waals surface area contributed by atoms with Crippen molar-refractivity contribution in [2.75, 3.05) is 38.1 Å². The van der Waals surface area contributed by atoms with E-state index in [9.17, 15) is 9.18 Å². The summed E-state index contributed by atoms with van der Waals surface area (Å²) < 4.78 is 13.7. The zero-order valence-corrected chi connectivity index (χ0v) is 9.79. The van der Waals surface area contributed by atoms with E-state index in [0.29, 0.717) is 0 Å². The monoisotopic (exact) mass is 237 g/mol. The fourth-order valence-electron chi connectivity index (χ4n) is 1.94. The summed E-state index contributed by atoms with van der Waals surface area (Å²) in [6.07, 6.45) is 0. The van der Waals surface area contributed by atoms with Gasteiger partial charge in [-0.05, 0) is 18.2 Å². The minimum Gasteiger partial charge on any atom is -0.369 e. The Morgan fingerprint density at radius 1 is 1.41 bits per heavy atom. The number of hydrogen-bond donors (Lipinski definition) is 2. The molecule has 0 bridgehead atoms. The summed E-state index contributed by atoms with van der Waals surface area (Å²) in [7, 11) is 1.49. The van der Waals surface area contributed by atoms with Crippen molar-refractivity contribution >= 4 is 11.6 Å². The number of nitrogens with zero attached hydrogens (tertiary/aromatic N) is 1. The van der Waals surface area contributed by atoms with E-state index < -0.39 is 11.7 Å². The molecule has 0 aromatic heterocycles. The van der Waals surface area contributed by atoms with Gasteiger partial charge in [-0.15, -0.1) is 0 Å². The zero-order chi connectivity index (χ0) is 12.3. The largest absolute Gasteiger partial charge is 0.369 e. The Bertz CT molecular complexity index is 416. The van der Waals surface area contributed by atoms with Crippen LogP contribution in [0.5, 0.6) is 0 Å². The quantitative estimate of drug-likeness (QED) is 0.791. The third-order valence-electron chi connectivity index (χ3n) is 2.91. The van der Waals surface area contributed by atoms with Gasteiger partial charge in [0, 0.05) is 38.9 Å². The fraction of sp³-hybridized carbons (Fsp3) is 0.417. The standard InChI is InChI=1S/C12H16FN3O/c1-14-12(17)10-3-2-9(8-11(10)13)16-6-4-15-5-7-16/h2-3,8,15H,4-7H2,1H3,(H,14,17). The molecule has 1 amide bonds. The lowest BCUT2D eigenvalue weighted by Crippen LogP contribution is -2.43. The van der Waals surface area contributed by atoms with E-state index in [1.54, 1.807) is 6.07 Å². The molecule has 1 aliphatic rings. The summed E-state index contributed by atoms with van der Waals surface area (Å²) in [6.45, 7) is 3.52. The number of carbonyl (C=O) groups is 1. The van der Waals surface area contributed by atoms with Crippen molar-refractivity contribution in [2.24, 2.45) is 0 Å². The lowest BCUT2D eigenvalue weighted by atomic mass is 10.1. The molecule has 17 heavy (non-hydrogen) atoms. The summed E-state index contributed by atoms with van der Waals surface area (Å²) in [5.41, 5.74) is 0.919. The molecule has 1 aromatic carbocycles. The first-order valence-corrected chi connectivity index (χ1v) is 5.69. The number of halogens is 1. The summed E-state index contributed by atoms with van der Waals surface area (Å²) >= 11 is 0. The topological polar surface area (TPSA) is 44.4 Å². The minimum absolute atomic E-state index is 0.0892. The number of benzene rings is 1. The molecule has 5 heteroatoms. The maximum atomic E-state index is 13.7. The number of anilines is 1. The maximum Gasteiger partial charge on any atom is 0.253 e. The van der Waals surface area contributed by atoms with Crippen molar-refractivity contribution in [1.82, 2.24) is 10.6 Å². The molecular formula is C12H16FN3O. The number of piperazine rings is 1. The Balaban J connectivity index is 2.20. The predicted molar refractivity (Wildman–Crippen MR) is 64.9 cm³/mol. The van der Waals surface area contributed by atoms with Crippen LogP contribution in [0.2, 0.25) is 0 Å². The predicted octanol–water partition coefficient (Wildman–Crippen LogP) is 0.595. The second kappa shape index (κ2) is 5.14. The Morgan fingerprint density at radius 3 is 2.71 bits per heavy atom. The molecule has 0 saturated carbocycles. The highest BCUT2D eigenvalue weighted by Crippen LogP contribution is 2.19. The number of carbonyl (C=O) groups excluding carboxylic acids is 1. The SMILES string of the molecule is CNC(=O)c1ccc(N2CCNCC2)cc1F. The van der Waals surface area contributed by atoms with Gasteiger partial charge in [-0.2, -0.15) is 0 Å². The third-order valence-corrected chi connectivity index (χ3v) is 2.91. The lowest BCUT2D eigenvalue weighted by Gasteiger charge is -2.29. The van der Waals surface area contributed by atoms with Gasteiger partial charge in [0.1, 0.15) is 5.82 Å². The van der Waals surface area contributed by atoms with Crippen LogP contribution >= 0.6 is 0 Å². The van der Waals surface area contributed by atoms with Crippen LogP contribution in [0.15, 0.2) is 18.2 Å². The second-order valence-electron chi connectivity index (χ2n) is 3.98. The van der Waals surface area contributed by atoms with Gasteiger partial charge in [0.15, 0.2) is 0 Å². The van der Waals surface area contributed by atoms with Crippen LogP contribution < -0.4 is 15.5 Å². The first kappa shape index (κ1) is 11.9. The van der Waals surface area contributed by atoms with Gasteiger partial charge < -0.3 is 15.5 Å². The highest BCUT2D eigenvalue weighted by molar-refractivity contribution is 5.94.